The van der Waals surface area contributed by atoms with E-state index in [2.05, 4.69) is 26.1 Å². The molecular weight excluding hydrogens is 334 g/mol. The molecule has 1 aliphatic carbocycles. The molecule has 1 N–H and O–H groups in total. The molecule has 0 radical (unpaired) electrons. The lowest BCUT2D eigenvalue weighted by Crippen LogP contribution is -2.28. The van der Waals surface area contributed by atoms with Crippen molar-refractivity contribution < 1.29 is 14.3 Å². The average Bonchev–Trinajstić information content (AvgIpc) is 2.82. The molecule has 4 nitrogen and oxygen atoms in total. The predicted molar refractivity (Wildman–Crippen MR) is 103 cm³/mol. The summed E-state index contributed by atoms with van der Waals surface area (Å²) >= 11 is 1.55. The Hall–Kier alpha value is -1.36. The minimum atomic E-state index is -0.510. The molecule has 0 fully saturated rings. The molecule has 0 spiro atoms. The zero-order valence-electron chi connectivity index (χ0n) is 16.5. The highest BCUT2D eigenvalue weighted by molar-refractivity contribution is 7.17. The van der Waals surface area contributed by atoms with E-state index in [1.165, 1.54) is 4.88 Å². The number of hydrogen-bond donors (Lipinski definition) is 1. The van der Waals surface area contributed by atoms with E-state index in [9.17, 15) is 9.59 Å². The first-order chi connectivity index (χ1) is 11.4. The smallest absolute Gasteiger partial charge is 0.341 e. The van der Waals surface area contributed by atoms with Crippen molar-refractivity contribution in [1.29, 1.82) is 0 Å². The maximum absolute atomic E-state index is 12.5. The van der Waals surface area contributed by atoms with Crippen LogP contribution in [0.1, 0.15) is 75.7 Å². The zero-order chi connectivity index (χ0) is 19.0. The van der Waals surface area contributed by atoms with Gasteiger partial charge in [-0.1, -0.05) is 41.5 Å². The highest BCUT2D eigenvalue weighted by Gasteiger charge is 2.35. The van der Waals surface area contributed by atoms with E-state index in [0.29, 0.717) is 23.1 Å². The van der Waals surface area contributed by atoms with Crippen LogP contribution in [0.3, 0.4) is 0 Å². The minimum absolute atomic E-state index is 0.0796. The molecule has 0 aromatic carbocycles. The minimum Gasteiger partial charge on any atom is -0.462 e. The monoisotopic (exact) mass is 365 g/mol. The summed E-state index contributed by atoms with van der Waals surface area (Å²) in [4.78, 5) is 26.2. The fourth-order valence-corrected chi connectivity index (χ4v) is 4.43. The fourth-order valence-electron chi connectivity index (χ4n) is 3.12. The van der Waals surface area contributed by atoms with E-state index < -0.39 is 5.41 Å². The molecule has 1 atom stereocenters. The normalized spacial score (nSPS) is 17.8. The number of thiophene rings is 1. The lowest BCUT2D eigenvalue weighted by Gasteiger charge is -2.33. The molecule has 2 rings (SSSR count). The van der Waals surface area contributed by atoms with Gasteiger partial charge in [0.05, 0.1) is 12.2 Å². The van der Waals surface area contributed by atoms with E-state index >= 15 is 0 Å². The van der Waals surface area contributed by atoms with Crippen LogP contribution in [0.15, 0.2) is 0 Å². The van der Waals surface area contributed by atoms with Crippen molar-refractivity contribution in [2.45, 2.75) is 67.7 Å². The average molecular weight is 366 g/mol. The van der Waals surface area contributed by atoms with Gasteiger partial charge in [0, 0.05) is 10.3 Å². The summed E-state index contributed by atoms with van der Waals surface area (Å²) < 4.78 is 5.27. The first kappa shape index (κ1) is 20.0. The van der Waals surface area contributed by atoms with Crippen LogP contribution in [0, 0.1) is 16.7 Å². The van der Waals surface area contributed by atoms with Crippen molar-refractivity contribution >= 4 is 28.2 Å². The van der Waals surface area contributed by atoms with Crippen LogP contribution in [0.5, 0.6) is 0 Å². The molecule has 0 saturated carbocycles. The fraction of sp³-hybridized carbons (Fsp3) is 0.700. The van der Waals surface area contributed by atoms with E-state index in [0.717, 1.165) is 24.8 Å². The molecule has 5 heteroatoms. The van der Waals surface area contributed by atoms with Crippen molar-refractivity contribution in [1.82, 2.24) is 0 Å². The van der Waals surface area contributed by atoms with Crippen molar-refractivity contribution in [3.63, 3.8) is 0 Å². The van der Waals surface area contributed by atoms with Crippen LogP contribution >= 0.6 is 11.3 Å². The number of anilines is 1. The molecule has 1 amide bonds. The summed E-state index contributed by atoms with van der Waals surface area (Å²) in [5, 5.41) is 3.63. The Balaban J connectivity index is 2.41. The van der Waals surface area contributed by atoms with Crippen LogP contribution < -0.4 is 5.32 Å². The van der Waals surface area contributed by atoms with Gasteiger partial charge < -0.3 is 10.1 Å². The lowest BCUT2D eigenvalue weighted by molar-refractivity contribution is -0.123. The van der Waals surface area contributed by atoms with Gasteiger partial charge in [-0.3, -0.25) is 4.79 Å². The number of carbonyl (C=O) groups excluding carboxylic acids is 2. The van der Waals surface area contributed by atoms with Crippen LogP contribution in [0.2, 0.25) is 0 Å². The molecule has 140 valence electrons. The third-order valence-electron chi connectivity index (χ3n) is 4.88. The Labute approximate surface area is 155 Å². The van der Waals surface area contributed by atoms with Gasteiger partial charge in [-0.25, -0.2) is 4.79 Å². The molecule has 25 heavy (non-hydrogen) atoms. The van der Waals surface area contributed by atoms with Crippen molar-refractivity contribution in [2.24, 2.45) is 16.7 Å². The second kappa shape index (κ2) is 7.10. The van der Waals surface area contributed by atoms with Crippen molar-refractivity contribution in [2.75, 3.05) is 11.9 Å². The number of amides is 1. The summed E-state index contributed by atoms with van der Waals surface area (Å²) in [6.07, 6.45) is 2.89. The lowest BCUT2D eigenvalue weighted by atomic mass is 9.72. The third-order valence-corrected chi connectivity index (χ3v) is 6.05. The molecule has 1 heterocycles. The number of rotatable bonds is 3. The van der Waals surface area contributed by atoms with Crippen molar-refractivity contribution in [3.05, 3.63) is 16.0 Å². The van der Waals surface area contributed by atoms with Crippen LogP contribution in [0.4, 0.5) is 5.00 Å². The summed E-state index contributed by atoms with van der Waals surface area (Å²) in [6, 6.07) is 0. The standard InChI is InChI=1S/C20H31NO3S/c1-8-24-17(22)15-13-10-9-12(19(2,3)4)11-14(13)25-16(15)21-18(23)20(5,6)7/h12H,8-11H2,1-7H3,(H,21,23). The first-order valence-corrected chi connectivity index (χ1v) is 9.90. The molecule has 1 aliphatic rings. The van der Waals surface area contributed by atoms with E-state index in [1.807, 2.05) is 20.8 Å². The largest absolute Gasteiger partial charge is 0.462 e. The van der Waals surface area contributed by atoms with Gasteiger partial charge in [0.15, 0.2) is 0 Å². The van der Waals surface area contributed by atoms with Crippen LogP contribution in [-0.2, 0) is 22.4 Å². The summed E-state index contributed by atoms with van der Waals surface area (Å²) in [5.41, 5.74) is 1.38. The maximum Gasteiger partial charge on any atom is 0.341 e. The van der Waals surface area contributed by atoms with Crippen molar-refractivity contribution in [3.8, 4) is 0 Å². The summed E-state index contributed by atoms with van der Waals surface area (Å²) in [7, 11) is 0. The number of esters is 1. The van der Waals surface area contributed by atoms with Crippen LogP contribution in [0.25, 0.3) is 0 Å². The topological polar surface area (TPSA) is 55.4 Å². The predicted octanol–water partition coefficient (Wildman–Crippen LogP) is 5.06. The van der Waals surface area contributed by atoms with Gasteiger partial charge in [0.25, 0.3) is 0 Å². The number of ether oxygens (including phenoxy) is 1. The summed E-state index contributed by atoms with van der Waals surface area (Å²) in [5.74, 6) is 0.183. The molecule has 0 saturated heterocycles. The highest BCUT2D eigenvalue weighted by Crippen LogP contribution is 2.44. The molecule has 1 aromatic heterocycles. The molecule has 0 bridgehead atoms. The number of fused-ring (bicyclic) bond motifs is 1. The molecule has 1 unspecified atom stereocenters. The zero-order valence-corrected chi connectivity index (χ0v) is 17.4. The van der Waals surface area contributed by atoms with Gasteiger partial charge >= 0.3 is 5.97 Å². The van der Waals surface area contributed by atoms with Gasteiger partial charge in [0.2, 0.25) is 5.91 Å². The number of nitrogens with one attached hydrogen (secondary N) is 1. The second-order valence-corrected chi connectivity index (χ2v) is 10.0. The Morgan fingerprint density at radius 2 is 1.84 bits per heavy atom. The van der Waals surface area contributed by atoms with Gasteiger partial charge in [-0.2, -0.15) is 0 Å². The Morgan fingerprint density at radius 3 is 2.36 bits per heavy atom. The summed E-state index contributed by atoms with van der Waals surface area (Å²) in [6.45, 7) is 14.6. The first-order valence-electron chi connectivity index (χ1n) is 9.08. The Bertz CT molecular complexity index is 662. The van der Waals surface area contributed by atoms with Crippen LogP contribution in [-0.4, -0.2) is 18.5 Å². The number of carbonyl (C=O) groups is 2. The van der Waals surface area contributed by atoms with Gasteiger partial charge in [-0.05, 0) is 43.1 Å². The second-order valence-electron chi connectivity index (χ2n) is 8.94. The van der Waals surface area contributed by atoms with E-state index in [1.54, 1.807) is 18.3 Å². The van der Waals surface area contributed by atoms with Gasteiger partial charge in [0.1, 0.15) is 5.00 Å². The number of hydrogen-bond acceptors (Lipinski definition) is 4. The molecule has 1 aromatic rings. The van der Waals surface area contributed by atoms with Gasteiger partial charge in [-0.15, -0.1) is 11.3 Å². The quantitative estimate of drug-likeness (QED) is 0.762. The van der Waals surface area contributed by atoms with E-state index in [4.69, 9.17) is 4.74 Å². The SMILES string of the molecule is CCOC(=O)c1c(NC(=O)C(C)(C)C)sc2c1CCC(C(C)(C)C)C2. The molecule has 0 aliphatic heterocycles. The molecular formula is C20H31NO3S. The maximum atomic E-state index is 12.5. The van der Waals surface area contributed by atoms with E-state index in [-0.39, 0.29) is 17.3 Å². The highest BCUT2D eigenvalue weighted by atomic mass is 32.1. The Kier molecular flexibility index (Phi) is 5.67. The third kappa shape index (κ3) is 4.43. The Morgan fingerprint density at radius 1 is 1.20 bits per heavy atom.